The lowest BCUT2D eigenvalue weighted by Gasteiger charge is -2.09. The number of nitrogens with one attached hydrogen (secondary N) is 2. The zero-order valence-corrected chi connectivity index (χ0v) is 14.0. The Bertz CT molecular complexity index is 878. The van der Waals surface area contributed by atoms with Crippen molar-refractivity contribution in [2.45, 2.75) is 0 Å². The molecule has 2 N–H and O–H groups in total. The Labute approximate surface area is 148 Å². The monoisotopic (exact) mass is 356 g/mol. The molecular weight excluding hydrogens is 344 g/mol. The number of anilines is 2. The van der Waals surface area contributed by atoms with Crippen molar-refractivity contribution in [3.63, 3.8) is 0 Å². The topological polar surface area (TPSA) is 58.2 Å². The normalized spacial score (nSPS) is 10.2. The molecule has 0 atom stereocenters. The lowest BCUT2D eigenvalue weighted by atomic mass is 10.1. The van der Waals surface area contributed by atoms with Gasteiger partial charge < -0.3 is 10.6 Å². The summed E-state index contributed by atoms with van der Waals surface area (Å²) in [6.07, 6.45) is 0. The van der Waals surface area contributed by atoms with Gasteiger partial charge in [-0.1, -0.05) is 35.9 Å². The van der Waals surface area contributed by atoms with Gasteiger partial charge in [-0.3, -0.25) is 9.59 Å². The van der Waals surface area contributed by atoms with Gasteiger partial charge >= 0.3 is 0 Å². The minimum atomic E-state index is -0.296. The number of thiophene rings is 1. The number of carbonyl (C=O) groups is 2. The van der Waals surface area contributed by atoms with E-state index < -0.39 is 0 Å². The van der Waals surface area contributed by atoms with Gasteiger partial charge in [0.25, 0.3) is 11.8 Å². The fourth-order valence-electron chi connectivity index (χ4n) is 2.10. The highest BCUT2D eigenvalue weighted by atomic mass is 35.5. The van der Waals surface area contributed by atoms with Crippen LogP contribution < -0.4 is 10.6 Å². The van der Waals surface area contributed by atoms with Crippen LogP contribution in [0.4, 0.5) is 11.4 Å². The van der Waals surface area contributed by atoms with Gasteiger partial charge in [-0.15, -0.1) is 11.3 Å². The van der Waals surface area contributed by atoms with Crippen molar-refractivity contribution in [2.24, 2.45) is 0 Å². The Balaban J connectivity index is 1.74. The maximum atomic E-state index is 12.4. The van der Waals surface area contributed by atoms with Gasteiger partial charge in [0.2, 0.25) is 0 Å². The Morgan fingerprint density at radius 3 is 2.46 bits per heavy atom. The highest BCUT2D eigenvalue weighted by molar-refractivity contribution is 7.12. The molecule has 1 aromatic heterocycles. The van der Waals surface area contributed by atoms with Crippen molar-refractivity contribution in [1.82, 2.24) is 0 Å². The minimum Gasteiger partial charge on any atom is -0.321 e. The molecular formula is C18H13ClN2O2S. The van der Waals surface area contributed by atoms with Crippen molar-refractivity contribution < 1.29 is 9.59 Å². The van der Waals surface area contributed by atoms with Crippen LogP contribution in [-0.2, 0) is 0 Å². The summed E-state index contributed by atoms with van der Waals surface area (Å²) in [6, 6.07) is 17.3. The van der Waals surface area contributed by atoms with Gasteiger partial charge in [0, 0.05) is 11.3 Å². The standard InChI is InChI=1S/C18H13ClN2O2S/c19-14-7-1-2-8-15(14)21-17(22)12-5-3-6-13(11-12)20-18(23)16-9-4-10-24-16/h1-11H,(H,20,23)(H,21,22). The average Bonchev–Trinajstić information content (AvgIpc) is 3.12. The van der Waals surface area contributed by atoms with Crippen molar-refractivity contribution in [2.75, 3.05) is 10.6 Å². The summed E-state index contributed by atoms with van der Waals surface area (Å²) >= 11 is 7.40. The number of para-hydroxylation sites is 1. The van der Waals surface area contributed by atoms with E-state index >= 15 is 0 Å². The molecule has 0 saturated carbocycles. The fraction of sp³-hybridized carbons (Fsp3) is 0. The molecule has 2 aromatic carbocycles. The molecule has 0 aliphatic rings. The van der Waals surface area contributed by atoms with Crippen LogP contribution in [0.1, 0.15) is 20.0 Å². The van der Waals surface area contributed by atoms with E-state index in [2.05, 4.69) is 10.6 Å². The molecule has 6 heteroatoms. The third-order valence-corrected chi connectivity index (χ3v) is 4.45. The van der Waals surface area contributed by atoms with E-state index in [-0.39, 0.29) is 11.8 Å². The van der Waals surface area contributed by atoms with Crippen LogP contribution in [0.3, 0.4) is 0 Å². The molecule has 0 bridgehead atoms. The summed E-state index contributed by atoms with van der Waals surface area (Å²) in [7, 11) is 0. The highest BCUT2D eigenvalue weighted by Gasteiger charge is 2.11. The number of halogens is 1. The molecule has 120 valence electrons. The Hall–Kier alpha value is -2.63. The van der Waals surface area contributed by atoms with Crippen LogP contribution in [0.25, 0.3) is 0 Å². The molecule has 0 aliphatic carbocycles. The quantitative estimate of drug-likeness (QED) is 0.698. The summed E-state index contributed by atoms with van der Waals surface area (Å²) in [5.41, 5.74) is 1.52. The number of rotatable bonds is 4. The van der Waals surface area contributed by atoms with Gasteiger partial charge in [-0.05, 0) is 41.8 Å². The second-order valence-electron chi connectivity index (χ2n) is 4.95. The van der Waals surface area contributed by atoms with Gasteiger partial charge in [0.15, 0.2) is 0 Å². The van der Waals surface area contributed by atoms with Crippen molar-refractivity contribution in [3.8, 4) is 0 Å². The van der Waals surface area contributed by atoms with E-state index in [1.54, 1.807) is 54.6 Å². The third-order valence-electron chi connectivity index (χ3n) is 3.25. The van der Waals surface area contributed by atoms with Gasteiger partial charge in [-0.25, -0.2) is 0 Å². The first-order chi connectivity index (χ1) is 11.6. The first-order valence-electron chi connectivity index (χ1n) is 7.14. The van der Waals surface area contributed by atoms with Crippen LogP contribution in [0, 0.1) is 0 Å². The van der Waals surface area contributed by atoms with Crippen molar-refractivity contribution in [1.29, 1.82) is 0 Å². The maximum Gasteiger partial charge on any atom is 0.265 e. The maximum absolute atomic E-state index is 12.4. The number of hydrogen-bond donors (Lipinski definition) is 2. The van der Waals surface area contributed by atoms with Crippen LogP contribution in [0.2, 0.25) is 5.02 Å². The molecule has 0 fully saturated rings. The lowest BCUT2D eigenvalue weighted by molar-refractivity contribution is 0.101. The molecule has 0 saturated heterocycles. The molecule has 0 aliphatic heterocycles. The number of benzene rings is 2. The summed E-state index contributed by atoms with van der Waals surface area (Å²) < 4.78 is 0. The highest BCUT2D eigenvalue weighted by Crippen LogP contribution is 2.22. The molecule has 0 spiro atoms. The third kappa shape index (κ3) is 3.82. The molecule has 3 rings (SSSR count). The predicted octanol–water partition coefficient (Wildman–Crippen LogP) is 4.91. The van der Waals surface area contributed by atoms with Crippen molar-refractivity contribution in [3.05, 3.63) is 81.5 Å². The molecule has 4 nitrogen and oxygen atoms in total. The summed E-state index contributed by atoms with van der Waals surface area (Å²) in [5.74, 6) is -0.496. The summed E-state index contributed by atoms with van der Waals surface area (Å²) in [4.78, 5) is 25.0. The molecule has 0 unspecified atom stereocenters. The molecule has 3 aromatic rings. The van der Waals surface area contributed by atoms with E-state index in [9.17, 15) is 9.59 Å². The number of hydrogen-bond acceptors (Lipinski definition) is 3. The summed E-state index contributed by atoms with van der Waals surface area (Å²) in [6.45, 7) is 0. The lowest BCUT2D eigenvalue weighted by Crippen LogP contribution is -2.14. The van der Waals surface area contributed by atoms with E-state index in [0.717, 1.165) is 0 Å². The Kier molecular flexibility index (Phi) is 4.93. The largest absolute Gasteiger partial charge is 0.321 e. The van der Waals surface area contributed by atoms with Crippen LogP contribution in [-0.4, -0.2) is 11.8 Å². The average molecular weight is 357 g/mol. The van der Waals surface area contributed by atoms with E-state index in [1.807, 2.05) is 11.4 Å². The Morgan fingerprint density at radius 2 is 1.71 bits per heavy atom. The SMILES string of the molecule is O=C(Nc1ccccc1Cl)c1cccc(NC(=O)c2cccs2)c1. The van der Waals surface area contributed by atoms with Crippen LogP contribution in [0.15, 0.2) is 66.0 Å². The zero-order chi connectivity index (χ0) is 16.9. The van der Waals surface area contributed by atoms with Gasteiger partial charge in [-0.2, -0.15) is 0 Å². The second-order valence-corrected chi connectivity index (χ2v) is 6.30. The van der Waals surface area contributed by atoms with Gasteiger partial charge in [0.1, 0.15) is 0 Å². The molecule has 24 heavy (non-hydrogen) atoms. The number of carbonyl (C=O) groups excluding carboxylic acids is 2. The molecule has 2 amide bonds. The zero-order valence-electron chi connectivity index (χ0n) is 12.5. The first kappa shape index (κ1) is 16.2. The Morgan fingerprint density at radius 1 is 0.875 bits per heavy atom. The van der Waals surface area contributed by atoms with Crippen LogP contribution >= 0.6 is 22.9 Å². The smallest absolute Gasteiger partial charge is 0.265 e. The minimum absolute atomic E-state index is 0.200. The predicted molar refractivity (Wildman–Crippen MR) is 98.1 cm³/mol. The summed E-state index contributed by atoms with van der Waals surface area (Å²) in [5, 5.41) is 7.83. The molecule has 0 radical (unpaired) electrons. The van der Waals surface area contributed by atoms with Gasteiger partial charge in [0.05, 0.1) is 15.6 Å². The number of amides is 2. The van der Waals surface area contributed by atoms with Crippen molar-refractivity contribution >= 4 is 46.1 Å². The van der Waals surface area contributed by atoms with E-state index in [4.69, 9.17) is 11.6 Å². The van der Waals surface area contributed by atoms with E-state index in [0.29, 0.717) is 26.8 Å². The molecule has 1 heterocycles. The second kappa shape index (κ2) is 7.29. The fourth-order valence-corrected chi connectivity index (χ4v) is 2.90. The van der Waals surface area contributed by atoms with E-state index in [1.165, 1.54) is 11.3 Å². The first-order valence-corrected chi connectivity index (χ1v) is 8.40. The van der Waals surface area contributed by atoms with Crippen LogP contribution in [0.5, 0.6) is 0 Å².